The highest BCUT2D eigenvalue weighted by Crippen LogP contribution is 2.34. The van der Waals surface area contributed by atoms with E-state index in [1.54, 1.807) is 0 Å². The lowest BCUT2D eigenvalue weighted by atomic mass is 9.95. The lowest BCUT2D eigenvalue weighted by Crippen LogP contribution is -2.35. The minimum Gasteiger partial charge on any atom is -0.490 e. The number of nitrogens with one attached hydrogen (secondary N) is 1. The van der Waals surface area contributed by atoms with Gasteiger partial charge in [0.2, 0.25) is 0 Å². The lowest BCUT2D eigenvalue weighted by Gasteiger charge is -2.23. The van der Waals surface area contributed by atoms with Gasteiger partial charge in [0.25, 0.3) is 5.91 Å². The van der Waals surface area contributed by atoms with Gasteiger partial charge in [-0.05, 0) is 35.7 Å². The number of amides is 1. The molecule has 3 rings (SSSR count). The van der Waals surface area contributed by atoms with Crippen LogP contribution in [0.5, 0.6) is 11.5 Å². The van der Waals surface area contributed by atoms with E-state index in [-0.39, 0.29) is 17.5 Å². The summed E-state index contributed by atoms with van der Waals surface area (Å²) in [4.78, 5) is 35.2. The van der Waals surface area contributed by atoms with Gasteiger partial charge in [-0.1, -0.05) is 32.0 Å². The topological polar surface area (TPSA) is 90.9 Å². The number of carbonyl (C=O) groups excluding carboxylic acids is 3. The molecule has 1 N–H and O–H groups in total. The van der Waals surface area contributed by atoms with Gasteiger partial charge in [0.1, 0.15) is 6.29 Å². The van der Waals surface area contributed by atoms with Crippen LogP contribution in [-0.4, -0.2) is 38.0 Å². The summed E-state index contributed by atoms with van der Waals surface area (Å²) < 4.78 is 16.5. The predicted octanol–water partition coefficient (Wildman–Crippen LogP) is 3.33. The van der Waals surface area contributed by atoms with Crippen molar-refractivity contribution < 1.29 is 28.6 Å². The monoisotopic (exact) mass is 411 g/mol. The van der Waals surface area contributed by atoms with Gasteiger partial charge >= 0.3 is 5.97 Å². The SMILES string of the molecule is CC(C)[C@@H](NC(=O)COC(=O)c1ccc(C=O)cc1)c1ccc2c(c1)OCCCO2. The van der Waals surface area contributed by atoms with E-state index in [1.807, 2.05) is 32.0 Å². The Kier molecular flexibility index (Phi) is 7.06. The summed E-state index contributed by atoms with van der Waals surface area (Å²) in [6, 6.07) is 11.4. The number of rotatable bonds is 7. The van der Waals surface area contributed by atoms with Gasteiger partial charge in [0, 0.05) is 12.0 Å². The number of ether oxygens (including phenoxy) is 3. The summed E-state index contributed by atoms with van der Waals surface area (Å²) in [7, 11) is 0. The maximum Gasteiger partial charge on any atom is 0.338 e. The fraction of sp³-hybridized carbons (Fsp3) is 0.348. The first-order valence-corrected chi connectivity index (χ1v) is 9.89. The smallest absolute Gasteiger partial charge is 0.338 e. The van der Waals surface area contributed by atoms with E-state index in [0.29, 0.717) is 36.6 Å². The number of hydrogen-bond donors (Lipinski definition) is 1. The largest absolute Gasteiger partial charge is 0.490 e. The van der Waals surface area contributed by atoms with Crippen LogP contribution in [0.25, 0.3) is 0 Å². The maximum absolute atomic E-state index is 12.4. The zero-order chi connectivity index (χ0) is 21.5. The summed E-state index contributed by atoms with van der Waals surface area (Å²) in [5.74, 6) is 0.429. The highest BCUT2D eigenvalue weighted by atomic mass is 16.5. The molecular weight excluding hydrogens is 386 g/mol. The summed E-state index contributed by atoms with van der Waals surface area (Å²) in [5, 5.41) is 2.92. The molecule has 0 aliphatic carbocycles. The molecule has 1 amide bonds. The molecule has 0 unspecified atom stereocenters. The van der Waals surface area contributed by atoms with Crippen molar-refractivity contribution in [3.05, 3.63) is 59.2 Å². The van der Waals surface area contributed by atoms with E-state index in [4.69, 9.17) is 14.2 Å². The summed E-state index contributed by atoms with van der Waals surface area (Å²) >= 11 is 0. The molecule has 1 aliphatic rings. The third-order valence-corrected chi connectivity index (χ3v) is 4.73. The molecule has 30 heavy (non-hydrogen) atoms. The van der Waals surface area contributed by atoms with E-state index < -0.39 is 18.5 Å². The molecule has 1 atom stereocenters. The minimum atomic E-state index is -0.626. The molecule has 1 aliphatic heterocycles. The van der Waals surface area contributed by atoms with E-state index in [0.717, 1.165) is 12.0 Å². The van der Waals surface area contributed by atoms with Crippen molar-refractivity contribution in [3.63, 3.8) is 0 Å². The van der Waals surface area contributed by atoms with Crippen LogP contribution in [0.4, 0.5) is 0 Å². The molecule has 7 nitrogen and oxygen atoms in total. The fourth-order valence-electron chi connectivity index (χ4n) is 3.14. The van der Waals surface area contributed by atoms with Crippen molar-refractivity contribution in [2.75, 3.05) is 19.8 Å². The van der Waals surface area contributed by atoms with Crippen LogP contribution in [-0.2, 0) is 9.53 Å². The lowest BCUT2D eigenvalue weighted by molar-refractivity contribution is -0.125. The zero-order valence-corrected chi connectivity index (χ0v) is 17.1. The van der Waals surface area contributed by atoms with Gasteiger partial charge in [-0.3, -0.25) is 9.59 Å². The average Bonchev–Trinajstić information content (AvgIpc) is 3.00. The Bertz CT molecular complexity index is 906. The van der Waals surface area contributed by atoms with Gasteiger partial charge in [0.15, 0.2) is 18.1 Å². The van der Waals surface area contributed by atoms with Gasteiger partial charge in [-0.2, -0.15) is 0 Å². The Morgan fingerprint density at radius 2 is 1.77 bits per heavy atom. The molecule has 2 aromatic carbocycles. The number of hydrogen-bond acceptors (Lipinski definition) is 6. The molecule has 0 fully saturated rings. The highest BCUT2D eigenvalue weighted by Gasteiger charge is 2.22. The first kappa shape index (κ1) is 21.4. The standard InChI is InChI=1S/C23H25NO6/c1-15(2)22(18-8-9-19-20(12-18)29-11-3-10-28-19)24-21(26)14-30-23(27)17-6-4-16(13-25)5-7-17/h4-9,12-13,15,22H,3,10-11,14H2,1-2H3,(H,24,26)/t22-/m1/s1. The molecule has 0 radical (unpaired) electrons. The molecule has 0 spiro atoms. The normalized spacial score (nSPS) is 13.8. The van der Waals surface area contributed by atoms with Crippen LogP contribution in [0.1, 0.15) is 52.6 Å². The summed E-state index contributed by atoms with van der Waals surface area (Å²) in [5.41, 5.74) is 1.62. The second-order valence-corrected chi connectivity index (χ2v) is 7.36. The molecule has 2 aromatic rings. The number of esters is 1. The number of fused-ring (bicyclic) bond motifs is 1. The number of carbonyl (C=O) groups is 3. The molecule has 158 valence electrons. The van der Waals surface area contributed by atoms with E-state index in [2.05, 4.69) is 5.32 Å². The zero-order valence-electron chi connectivity index (χ0n) is 17.1. The number of benzene rings is 2. The maximum atomic E-state index is 12.4. The molecule has 0 saturated carbocycles. The molecule has 0 bridgehead atoms. The predicted molar refractivity (Wildman–Crippen MR) is 110 cm³/mol. The van der Waals surface area contributed by atoms with Crippen LogP contribution < -0.4 is 14.8 Å². The van der Waals surface area contributed by atoms with E-state index >= 15 is 0 Å². The third-order valence-electron chi connectivity index (χ3n) is 4.73. The first-order chi connectivity index (χ1) is 14.5. The Hall–Kier alpha value is -3.35. The van der Waals surface area contributed by atoms with Crippen LogP contribution in [0.15, 0.2) is 42.5 Å². The second-order valence-electron chi connectivity index (χ2n) is 7.36. The summed E-state index contributed by atoms with van der Waals surface area (Å²) in [6.07, 6.45) is 1.51. The fourth-order valence-corrected chi connectivity index (χ4v) is 3.14. The number of aldehydes is 1. The van der Waals surface area contributed by atoms with Gasteiger partial charge in [-0.15, -0.1) is 0 Å². The minimum absolute atomic E-state index is 0.102. The van der Waals surface area contributed by atoms with Crippen molar-refractivity contribution in [2.45, 2.75) is 26.3 Å². The van der Waals surface area contributed by atoms with Crippen molar-refractivity contribution in [2.24, 2.45) is 5.92 Å². The Morgan fingerprint density at radius 3 is 2.43 bits per heavy atom. The van der Waals surface area contributed by atoms with Crippen molar-refractivity contribution in [1.82, 2.24) is 5.32 Å². The quantitative estimate of drug-likeness (QED) is 0.555. The van der Waals surface area contributed by atoms with Gasteiger partial charge in [0.05, 0.1) is 24.8 Å². The molecule has 0 aromatic heterocycles. The Balaban J connectivity index is 1.62. The third kappa shape index (κ3) is 5.37. The second kappa shape index (κ2) is 9.91. The van der Waals surface area contributed by atoms with Crippen molar-refractivity contribution >= 4 is 18.2 Å². The molecular formula is C23H25NO6. The molecule has 0 saturated heterocycles. The highest BCUT2D eigenvalue weighted by molar-refractivity contribution is 5.92. The average molecular weight is 411 g/mol. The molecule has 7 heteroatoms. The Labute approximate surface area is 175 Å². The van der Waals surface area contributed by atoms with Gasteiger partial charge in [-0.25, -0.2) is 4.79 Å². The van der Waals surface area contributed by atoms with E-state index in [9.17, 15) is 14.4 Å². The van der Waals surface area contributed by atoms with E-state index in [1.165, 1.54) is 24.3 Å². The van der Waals surface area contributed by atoms with Crippen LogP contribution >= 0.6 is 0 Å². The Morgan fingerprint density at radius 1 is 1.07 bits per heavy atom. The van der Waals surface area contributed by atoms with Crippen LogP contribution in [0.2, 0.25) is 0 Å². The van der Waals surface area contributed by atoms with Gasteiger partial charge < -0.3 is 19.5 Å². The summed E-state index contributed by atoms with van der Waals surface area (Å²) in [6.45, 7) is 4.78. The van der Waals surface area contributed by atoms with Crippen molar-refractivity contribution in [1.29, 1.82) is 0 Å². The van der Waals surface area contributed by atoms with Crippen LogP contribution in [0.3, 0.4) is 0 Å². The van der Waals surface area contributed by atoms with Crippen molar-refractivity contribution in [3.8, 4) is 11.5 Å². The van der Waals surface area contributed by atoms with Crippen LogP contribution in [0, 0.1) is 5.92 Å². The first-order valence-electron chi connectivity index (χ1n) is 9.89. The molecule has 1 heterocycles.